The Hall–Kier alpha value is -2.30. The van der Waals surface area contributed by atoms with Crippen LogP contribution in [0.5, 0.6) is 11.5 Å². The van der Waals surface area contributed by atoms with E-state index in [2.05, 4.69) is 24.3 Å². The first kappa shape index (κ1) is 20.4. The summed E-state index contributed by atoms with van der Waals surface area (Å²) in [6.45, 7) is 10.5. The minimum atomic E-state index is -0.0459. The van der Waals surface area contributed by atoms with Crippen LogP contribution in [0.25, 0.3) is 21.5 Å². The van der Waals surface area contributed by atoms with Crippen LogP contribution >= 0.6 is 0 Å². The fourth-order valence-electron chi connectivity index (χ4n) is 3.34. The highest BCUT2D eigenvalue weighted by Gasteiger charge is 2.19. The van der Waals surface area contributed by atoms with Crippen LogP contribution in [0.2, 0.25) is 0 Å². The third-order valence-electron chi connectivity index (χ3n) is 4.58. The molecule has 0 amide bonds. The van der Waals surface area contributed by atoms with Gasteiger partial charge in [0.2, 0.25) is 0 Å². The van der Waals surface area contributed by atoms with Crippen LogP contribution in [-0.2, 0) is 9.47 Å². The summed E-state index contributed by atoms with van der Waals surface area (Å²) in [5.74, 6) is 1.76. The molecular weight excluding hydrogens is 352 g/mol. The van der Waals surface area contributed by atoms with E-state index in [-0.39, 0.29) is 12.2 Å². The van der Waals surface area contributed by atoms with Gasteiger partial charge in [0.15, 0.2) is 0 Å². The Morgan fingerprint density at radius 2 is 0.929 bits per heavy atom. The Balaban J connectivity index is 2.10. The Morgan fingerprint density at radius 3 is 1.21 bits per heavy atom. The molecule has 0 spiro atoms. The predicted molar refractivity (Wildman–Crippen MR) is 115 cm³/mol. The van der Waals surface area contributed by atoms with Gasteiger partial charge in [0.05, 0.1) is 13.2 Å². The Labute approximate surface area is 167 Å². The van der Waals surface area contributed by atoms with Crippen LogP contribution in [-0.4, -0.2) is 38.6 Å². The second-order valence-electron chi connectivity index (χ2n) is 6.93. The van der Waals surface area contributed by atoms with Gasteiger partial charge in [0.25, 0.3) is 0 Å². The van der Waals surface area contributed by atoms with Crippen molar-refractivity contribution in [2.75, 3.05) is 26.4 Å². The van der Waals surface area contributed by atoms with E-state index in [4.69, 9.17) is 18.9 Å². The average Bonchev–Trinajstić information content (AvgIpc) is 2.73. The van der Waals surface area contributed by atoms with Crippen molar-refractivity contribution in [1.29, 1.82) is 0 Å². The fraction of sp³-hybridized carbons (Fsp3) is 0.417. The molecule has 0 N–H and O–H groups in total. The van der Waals surface area contributed by atoms with E-state index in [0.717, 1.165) is 33.0 Å². The minimum absolute atomic E-state index is 0.0459. The summed E-state index contributed by atoms with van der Waals surface area (Å²) < 4.78 is 23.8. The number of hydrogen-bond acceptors (Lipinski definition) is 4. The van der Waals surface area contributed by atoms with E-state index in [1.807, 2.05) is 52.0 Å². The van der Waals surface area contributed by atoms with Gasteiger partial charge in [0, 0.05) is 34.8 Å². The van der Waals surface area contributed by atoms with Gasteiger partial charge in [-0.3, -0.25) is 0 Å². The topological polar surface area (TPSA) is 36.9 Å². The van der Waals surface area contributed by atoms with Crippen LogP contribution in [0, 0.1) is 0 Å². The lowest BCUT2D eigenvalue weighted by Crippen LogP contribution is -2.20. The molecule has 3 rings (SSSR count). The van der Waals surface area contributed by atoms with Gasteiger partial charge in [-0.05, 0) is 27.7 Å². The summed E-state index contributed by atoms with van der Waals surface area (Å²) >= 11 is 0. The third-order valence-corrected chi connectivity index (χ3v) is 4.58. The number of hydrogen-bond donors (Lipinski definition) is 0. The van der Waals surface area contributed by atoms with E-state index in [9.17, 15) is 0 Å². The molecule has 2 unspecified atom stereocenters. The van der Waals surface area contributed by atoms with Crippen LogP contribution in [0.1, 0.15) is 27.7 Å². The quantitative estimate of drug-likeness (QED) is 0.428. The van der Waals surface area contributed by atoms with Crippen LogP contribution in [0.3, 0.4) is 0 Å². The Kier molecular flexibility index (Phi) is 7.12. The lowest BCUT2D eigenvalue weighted by molar-refractivity contribution is 0.0661. The summed E-state index contributed by atoms with van der Waals surface area (Å²) in [6, 6.07) is 16.5. The number of fused-ring (bicyclic) bond motifs is 2. The Morgan fingerprint density at radius 1 is 0.607 bits per heavy atom. The Bertz CT molecular complexity index is 775. The molecule has 3 aromatic carbocycles. The van der Waals surface area contributed by atoms with Crippen molar-refractivity contribution < 1.29 is 18.9 Å². The van der Waals surface area contributed by atoms with E-state index in [0.29, 0.717) is 26.4 Å². The minimum Gasteiger partial charge on any atom is -0.487 e. The highest BCUT2D eigenvalue weighted by atomic mass is 16.5. The molecule has 150 valence electrons. The summed E-state index contributed by atoms with van der Waals surface area (Å²) in [4.78, 5) is 0. The van der Waals surface area contributed by atoms with Gasteiger partial charge in [-0.25, -0.2) is 0 Å². The number of ether oxygens (including phenoxy) is 4. The molecule has 0 fully saturated rings. The van der Waals surface area contributed by atoms with Gasteiger partial charge in [-0.15, -0.1) is 0 Å². The molecule has 0 aliphatic carbocycles. The molecule has 0 aliphatic heterocycles. The fourth-order valence-corrected chi connectivity index (χ4v) is 3.34. The van der Waals surface area contributed by atoms with Gasteiger partial charge < -0.3 is 18.9 Å². The van der Waals surface area contributed by atoms with Gasteiger partial charge in [0.1, 0.15) is 23.7 Å². The smallest absolute Gasteiger partial charge is 0.135 e. The summed E-state index contributed by atoms with van der Waals surface area (Å²) in [6.07, 6.45) is -0.0918. The summed E-state index contributed by atoms with van der Waals surface area (Å²) in [5.41, 5.74) is 0. The average molecular weight is 383 g/mol. The molecular formula is C24H30O4. The first-order chi connectivity index (χ1) is 13.7. The zero-order valence-corrected chi connectivity index (χ0v) is 17.2. The van der Waals surface area contributed by atoms with Crippen LogP contribution in [0.15, 0.2) is 48.5 Å². The molecule has 0 saturated heterocycles. The van der Waals surface area contributed by atoms with Crippen LogP contribution in [0.4, 0.5) is 0 Å². The van der Waals surface area contributed by atoms with Crippen molar-refractivity contribution in [1.82, 2.24) is 0 Å². The number of benzene rings is 3. The summed E-state index contributed by atoms with van der Waals surface area (Å²) in [5, 5.41) is 4.18. The predicted octanol–water partition coefficient (Wildman–Crippen LogP) is 5.60. The molecule has 0 heterocycles. The van der Waals surface area contributed by atoms with E-state index < -0.39 is 0 Å². The maximum absolute atomic E-state index is 6.36. The highest BCUT2D eigenvalue weighted by molar-refractivity contribution is 6.11. The normalized spacial score (nSPS) is 13.6. The molecule has 28 heavy (non-hydrogen) atoms. The second kappa shape index (κ2) is 9.76. The van der Waals surface area contributed by atoms with Gasteiger partial charge >= 0.3 is 0 Å². The molecule has 4 heteroatoms. The third kappa shape index (κ3) is 4.57. The zero-order valence-electron chi connectivity index (χ0n) is 17.2. The molecule has 0 aromatic heterocycles. The first-order valence-corrected chi connectivity index (χ1v) is 10.1. The van der Waals surface area contributed by atoms with Crippen molar-refractivity contribution >= 4 is 21.5 Å². The van der Waals surface area contributed by atoms with Crippen molar-refractivity contribution in [3.05, 3.63) is 48.5 Å². The molecule has 0 aliphatic rings. The van der Waals surface area contributed by atoms with Gasteiger partial charge in [-0.1, -0.05) is 48.5 Å². The lowest BCUT2D eigenvalue weighted by Gasteiger charge is -2.22. The van der Waals surface area contributed by atoms with Crippen molar-refractivity contribution in [2.24, 2.45) is 0 Å². The van der Waals surface area contributed by atoms with Crippen molar-refractivity contribution in [2.45, 2.75) is 39.9 Å². The second-order valence-corrected chi connectivity index (χ2v) is 6.93. The summed E-state index contributed by atoms with van der Waals surface area (Å²) in [7, 11) is 0. The van der Waals surface area contributed by atoms with Crippen molar-refractivity contribution in [3.63, 3.8) is 0 Å². The standard InChI is InChI=1S/C24H30O4/c1-5-25-15-17(3)27-23-19-11-7-9-13-21(19)24(28-18(4)16-26-6-2)22-14-10-8-12-20(22)23/h7-14,17-18H,5-6,15-16H2,1-4H3. The SMILES string of the molecule is CCOCC(C)Oc1c2ccccc2c(OC(C)COCC)c2ccccc12. The highest BCUT2D eigenvalue weighted by Crippen LogP contribution is 2.43. The first-order valence-electron chi connectivity index (χ1n) is 10.1. The lowest BCUT2D eigenvalue weighted by atomic mass is 10.0. The van der Waals surface area contributed by atoms with Gasteiger partial charge in [-0.2, -0.15) is 0 Å². The molecule has 0 bridgehead atoms. The largest absolute Gasteiger partial charge is 0.487 e. The molecule has 0 radical (unpaired) electrons. The molecule has 2 atom stereocenters. The van der Waals surface area contributed by atoms with E-state index in [1.165, 1.54) is 0 Å². The van der Waals surface area contributed by atoms with Crippen molar-refractivity contribution in [3.8, 4) is 11.5 Å². The molecule has 4 nitrogen and oxygen atoms in total. The zero-order chi connectivity index (χ0) is 19.9. The molecule has 0 saturated carbocycles. The van der Waals surface area contributed by atoms with E-state index in [1.54, 1.807) is 0 Å². The molecule has 3 aromatic rings. The maximum Gasteiger partial charge on any atom is 0.135 e. The number of rotatable bonds is 10. The van der Waals surface area contributed by atoms with Crippen LogP contribution < -0.4 is 9.47 Å². The van der Waals surface area contributed by atoms with E-state index >= 15 is 0 Å². The monoisotopic (exact) mass is 382 g/mol. The maximum atomic E-state index is 6.36.